The number of nitrogens with zero attached hydrogens (tertiary/aromatic N) is 3. The Morgan fingerprint density at radius 2 is 2.00 bits per heavy atom. The smallest absolute Gasteiger partial charge is 0.191 e. The first kappa shape index (κ1) is 18.8. The Hall–Kier alpha value is -1.95. The highest BCUT2D eigenvalue weighted by molar-refractivity contribution is 7.98. The molecule has 1 aromatic carbocycles. The molecule has 1 aromatic heterocycles. The van der Waals surface area contributed by atoms with E-state index in [0.29, 0.717) is 12.6 Å². The van der Waals surface area contributed by atoms with Gasteiger partial charge in [-0.3, -0.25) is 9.67 Å². The van der Waals surface area contributed by atoms with E-state index in [1.807, 2.05) is 0 Å². The van der Waals surface area contributed by atoms with Crippen molar-refractivity contribution < 1.29 is 0 Å². The number of aryl methyl sites for hydroxylation is 1. The molecule has 3 rings (SSSR count). The van der Waals surface area contributed by atoms with Gasteiger partial charge in [0.25, 0.3) is 0 Å². The second kappa shape index (κ2) is 9.12. The van der Waals surface area contributed by atoms with Crippen LogP contribution in [0.2, 0.25) is 0 Å². The molecule has 0 unspecified atom stereocenters. The van der Waals surface area contributed by atoms with Gasteiger partial charge in [0.05, 0.1) is 18.3 Å². The average Bonchev–Trinajstić information content (AvgIpc) is 3.34. The highest BCUT2D eigenvalue weighted by Crippen LogP contribution is 2.28. The fourth-order valence-electron chi connectivity index (χ4n) is 3.42. The third kappa shape index (κ3) is 4.81. The van der Waals surface area contributed by atoms with E-state index in [2.05, 4.69) is 63.9 Å². The van der Waals surface area contributed by atoms with Crippen molar-refractivity contribution in [2.75, 3.05) is 13.3 Å². The number of hydrogen-bond donors (Lipinski definition) is 2. The van der Waals surface area contributed by atoms with Crippen LogP contribution < -0.4 is 10.6 Å². The van der Waals surface area contributed by atoms with Gasteiger partial charge in [0.1, 0.15) is 0 Å². The summed E-state index contributed by atoms with van der Waals surface area (Å²) in [7, 11) is 1.80. The van der Waals surface area contributed by atoms with E-state index < -0.39 is 0 Å². The molecule has 1 heterocycles. The lowest BCUT2D eigenvalue weighted by atomic mass is 10.1. The maximum Gasteiger partial charge on any atom is 0.191 e. The van der Waals surface area contributed by atoms with Gasteiger partial charge in [-0.2, -0.15) is 5.10 Å². The lowest BCUT2D eigenvalue weighted by molar-refractivity contribution is 0.462. The molecule has 0 aliphatic heterocycles. The average molecular weight is 372 g/mol. The van der Waals surface area contributed by atoms with Crippen molar-refractivity contribution in [3.63, 3.8) is 0 Å². The Balaban J connectivity index is 1.52. The fourth-order valence-corrected chi connectivity index (χ4v) is 4.12. The topological polar surface area (TPSA) is 54.2 Å². The van der Waals surface area contributed by atoms with Crippen LogP contribution in [-0.2, 0) is 13.1 Å². The number of nitrogens with one attached hydrogen (secondary N) is 2. The van der Waals surface area contributed by atoms with Crippen LogP contribution in [0, 0.1) is 6.92 Å². The van der Waals surface area contributed by atoms with Crippen molar-refractivity contribution in [2.45, 2.75) is 56.6 Å². The van der Waals surface area contributed by atoms with E-state index in [0.717, 1.165) is 18.2 Å². The van der Waals surface area contributed by atoms with Crippen LogP contribution in [0.5, 0.6) is 0 Å². The van der Waals surface area contributed by atoms with Gasteiger partial charge in [0.15, 0.2) is 5.96 Å². The van der Waals surface area contributed by atoms with Crippen molar-refractivity contribution in [1.29, 1.82) is 0 Å². The van der Waals surface area contributed by atoms with Crippen molar-refractivity contribution >= 4 is 17.7 Å². The molecule has 1 aliphatic carbocycles. The maximum atomic E-state index is 4.72. The summed E-state index contributed by atoms with van der Waals surface area (Å²) in [5.41, 5.74) is 3.63. The third-order valence-corrected chi connectivity index (χ3v) is 5.73. The number of rotatable bonds is 6. The number of guanidine groups is 1. The van der Waals surface area contributed by atoms with Crippen LogP contribution in [0.25, 0.3) is 0 Å². The zero-order chi connectivity index (χ0) is 18.4. The van der Waals surface area contributed by atoms with Crippen molar-refractivity contribution in [2.24, 2.45) is 4.99 Å². The summed E-state index contributed by atoms with van der Waals surface area (Å²) < 4.78 is 2.14. The Bertz CT molecular complexity index is 746. The normalized spacial score (nSPS) is 15.4. The molecule has 0 spiro atoms. The molecule has 1 aliphatic rings. The first-order valence-corrected chi connectivity index (χ1v) is 10.5. The second-order valence-electron chi connectivity index (χ2n) is 6.82. The fraction of sp³-hybridized carbons (Fsp3) is 0.500. The van der Waals surface area contributed by atoms with Crippen LogP contribution in [0.3, 0.4) is 0 Å². The van der Waals surface area contributed by atoms with Gasteiger partial charge in [0.2, 0.25) is 0 Å². The predicted octanol–water partition coefficient (Wildman–Crippen LogP) is 3.89. The van der Waals surface area contributed by atoms with Gasteiger partial charge < -0.3 is 10.6 Å². The van der Waals surface area contributed by atoms with Gasteiger partial charge in [-0.25, -0.2) is 0 Å². The molecule has 1 fully saturated rings. The molecular weight excluding hydrogens is 342 g/mol. The van der Waals surface area contributed by atoms with E-state index in [4.69, 9.17) is 5.10 Å². The van der Waals surface area contributed by atoms with Gasteiger partial charge in [-0.15, -0.1) is 11.8 Å². The number of thioether (sulfide) groups is 1. The number of hydrogen-bond acceptors (Lipinski definition) is 3. The zero-order valence-electron chi connectivity index (χ0n) is 16.0. The summed E-state index contributed by atoms with van der Waals surface area (Å²) in [6.45, 7) is 3.57. The SMILES string of the molecule is CN=C(NCc1ccn(C2CCCC2)n1)NCc1ccc(C)cc1SC. The Labute approximate surface area is 160 Å². The van der Waals surface area contributed by atoms with Gasteiger partial charge >= 0.3 is 0 Å². The molecule has 0 saturated heterocycles. The summed E-state index contributed by atoms with van der Waals surface area (Å²) in [6.07, 6.45) is 9.39. The van der Waals surface area contributed by atoms with Crippen LogP contribution in [0.15, 0.2) is 40.4 Å². The summed E-state index contributed by atoms with van der Waals surface area (Å²) in [5, 5.41) is 11.5. The van der Waals surface area contributed by atoms with Gasteiger partial charge in [-0.1, -0.05) is 25.0 Å². The molecule has 2 aromatic rings. The summed E-state index contributed by atoms with van der Waals surface area (Å²) in [6, 6.07) is 9.26. The first-order valence-electron chi connectivity index (χ1n) is 9.31. The molecule has 0 bridgehead atoms. The lowest BCUT2D eigenvalue weighted by Crippen LogP contribution is -2.36. The highest BCUT2D eigenvalue weighted by atomic mass is 32.2. The quantitative estimate of drug-likeness (QED) is 0.459. The van der Waals surface area contributed by atoms with Crippen molar-refractivity contribution in [3.05, 3.63) is 47.3 Å². The molecule has 140 valence electrons. The first-order chi connectivity index (χ1) is 12.7. The van der Waals surface area contributed by atoms with Crippen molar-refractivity contribution in [3.8, 4) is 0 Å². The third-order valence-electron chi connectivity index (χ3n) is 4.91. The number of aromatic nitrogens is 2. The second-order valence-corrected chi connectivity index (χ2v) is 7.67. The largest absolute Gasteiger partial charge is 0.352 e. The monoisotopic (exact) mass is 371 g/mol. The lowest BCUT2D eigenvalue weighted by Gasteiger charge is -2.13. The molecule has 26 heavy (non-hydrogen) atoms. The van der Waals surface area contributed by atoms with E-state index in [1.54, 1.807) is 18.8 Å². The van der Waals surface area contributed by atoms with E-state index >= 15 is 0 Å². The number of benzene rings is 1. The van der Waals surface area contributed by atoms with E-state index in [-0.39, 0.29) is 0 Å². The van der Waals surface area contributed by atoms with Crippen LogP contribution in [0.4, 0.5) is 0 Å². The summed E-state index contributed by atoms with van der Waals surface area (Å²) in [5.74, 6) is 0.799. The molecule has 0 radical (unpaired) electrons. The van der Waals surface area contributed by atoms with Gasteiger partial charge in [0, 0.05) is 24.7 Å². The Kier molecular flexibility index (Phi) is 6.61. The highest BCUT2D eigenvalue weighted by Gasteiger charge is 2.17. The van der Waals surface area contributed by atoms with E-state index in [9.17, 15) is 0 Å². The predicted molar refractivity (Wildman–Crippen MR) is 110 cm³/mol. The molecule has 6 heteroatoms. The standard InChI is InChI=1S/C20H29N5S/c1-15-8-9-16(19(12-15)26-3)13-22-20(21-2)23-14-17-10-11-25(24-17)18-6-4-5-7-18/h8-12,18H,4-7,13-14H2,1-3H3,(H2,21,22,23). The van der Waals surface area contributed by atoms with Crippen molar-refractivity contribution in [1.82, 2.24) is 20.4 Å². The minimum absolute atomic E-state index is 0.590. The molecule has 5 nitrogen and oxygen atoms in total. The zero-order valence-corrected chi connectivity index (χ0v) is 16.8. The molecule has 1 saturated carbocycles. The van der Waals surface area contributed by atoms with Crippen LogP contribution in [-0.4, -0.2) is 29.0 Å². The Morgan fingerprint density at radius 3 is 2.73 bits per heavy atom. The van der Waals surface area contributed by atoms with E-state index in [1.165, 1.54) is 41.7 Å². The maximum absolute atomic E-state index is 4.72. The minimum atomic E-state index is 0.590. The molecule has 0 amide bonds. The summed E-state index contributed by atoms with van der Waals surface area (Å²) >= 11 is 1.78. The van der Waals surface area contributed by atoms with Crippen LogP contribution in [0.1, 0.15) is 48.5 Å². The number of aliphatic imine (C=N–C) groups is 1. The van der Waals surface area contributed by atoms with Crippen LogP contribution >= 0.6 is 11.8 Å². The molecule has 0 atom stereocenters. The molecular formula is C20H29N5S. The molecule has 2 N–H and O–H groups in total. The Morgan fingerprint density at radius 1 is 1.23 bits per heavy atom. The van der Waals surface area contributed by atoms with Gasteiger partial charge in [-0.05, 0) is 49.3 Å². The minimum Gasteiger partial charge on any atom is -0.352 e. The summed E-state index contributed by atoms with van der Waals surface area (Å²) in [4.78, 5) is 5.64.